The maximum absolute atomic E-state index is 12.2. The number of hydrogen-bond donors (Lipinski definition) is 1. The molecule has 1 rings (SSSR count). The molecule has 0 aliphatic rings. The molecule has 0 saturated heterocycles. The molecular formula is C17H27NO3. The Morgan fingerprint density at radius 1 is 1.24 bits per heavy atom. The fourth-order valence-electron chi connectivity index (χ4n) is 2.24. The third kappa shape index (κ3) is 5.48. The fourth-order valence-corrected chi connectivity index (χ4v) is 2.24. The molecule has 0 spiro atoms. The van der Waals surface area contributed by atoms with Crippen molar-refractivity contribution in [1.29, 1.82) is 0 Å². The highest BCUT2D eigenvalue weighted by Crippen LogP contribution is 2.18. The molecule has 0 aliphatic carbocycles. The van der Waals surface area contributed by atoms with E-state index in [9.17, 15) is 4.79 Å². The number of hydrogen-bond acceptors (Lipinski definition) is 4. The molecule has 3 atom stereocenters. The maximum atomic E-state index is 12.2. The minimum atomic E-state index is -0.324. The van der Waals surface area contributed by atoms with Gasteiger partial charge in [0.15, 0.2) is 0 Å². The molecule has 4 heteroatoms. The first kappa shape index (κ1) is 17.7. The molecule has 4 nitrogen and oxygen atoms in total. The van der Waals surface area contributed by atoms with Gasteiger partial charge in [0.25, 0.3) is 0 Å². The number of carbonyl (C=O) groups excluding carboxylic acids is 1. The molecule has 1 aromatic carbocycles. The first-order chi connectivity index (χ1) is 10.1. The van der Waals surface area contributed by atoms with E-state index in [2.05, 4.69) is 19.2 Å². The summed E-state index contributed by atoms with van der Waals surface area (Å²) in [6.45, 7) is 6.87. The number of rotatable bonds is 9. The van der Waals surface area contributed by atoms with E-state index in [0.717, 1.165) is 12.0 Å². The maximum Gasteiger partial charge on any atom is 0.323 e. The quantitative estimate of drug-likeness (QED) is 0.711. The Hall–Kier alpha value is -1.39. The van der Waals surface area contributed by atoms with Gasteiger partial charge in [-0.25, -0.2) is 0 Å². The lowest BCUT2D eigenvalue weighted by Crippen LogP contribution is -2.45. The standard InChI is InChI=1S/C17H27NO3/c1-5-13(3)16(17(19)21-6-2)18-15(12-20-4)14-10-8-7-9-11-14/h7-11,13,15-16,18H,5-6,12H2,1-4H3/t13?,15-,16+/m0/s1. The second kappa shape index (κ2) is 9.53. The van der Waals surface area contributed by atoms with E-state index in [1.54, 1.807) is 7.11 Å². The summed E-state index contributed by atoms with van der Waals surface area (Å²) < 4.78 is 10.5. The number of benzene rings is 1. The predicted octanol–water partition coefficient (Wildman–Crippen LogP) is 2.94. The van der Waals surface area contributed by atoms with Gasteiger partial charge in [-0.05, 0) is 18.4 Å². The average Bonchev–Trinajstić information content (AvgIpc) is 2.51. The number of carbonyl (C=O) groups is 1. The van der Waals surface area contributed by atoms with Crippen LogP contribution in [0.2, 0.25) is 0 Å². The first-order valence-electron chi connectivity index (χ1n) is 7.60. The summed E-state index contributed by atoms with van der Waals surface area (Å²) in [4.78, 5) is 12.2. The van der Waals surface area contributed by atoms with E-state index in [4.69, 9.17) is 9.47 Å². The zero-order valence-electron chi connectivity index (χ0n) is 13.5. The molecule has 0 heterocycles. The summed E-state index contributed by atoms with van der Waals surface area (Å²) in [6.07, 6.45) is 0.908. The Labute approximate surface area is 127 Å². The second-order valence-electron chi connectivity index (χ2n) is 5.20. The molecule has 118 valence electrons. The van der Waals surface area contributed by atoms with Gasteiger partial charge in [-0.15, -0.1) is 0 Å². The van der Waals surface area contributed by atoms with Gasteiger partial charge in [0.1, 0.15) is 6.04 Å². The van der Waals surface area contributed by atoms with Crippen LogP contribution in [0.4, 0.5) is 0 Å². The fraction of sp³-hybridized carbons (Fsp3) is 0.588. The van der Waals surface area contributed by atoms with Crippen LogP contribution >= 0.6 is 0 Å². The molecule has 0 fully saturated rings. The Bertz CT molecular complexity index is 408. The Morgan fingerprint density at radius 3 is 2.43 bits per heavy atom. The minimum absolute atomic E-state index is 0.0281. The largest absolute Gasteiger partial charge is 0.465 e. The van der Waals surface area contributed by atoms with Gasteiger partial charge in [-0.1, -0.05) is 50.6 Å². The first-order valence-corrected chi connectivity index (χ1v) is 7.60. The van der Waals surface area contributed by atoms with Gasteiger partial charge < -0.3 is 9.47 Å². The van der Waals surface area contributed by atoms with Crippen molar-refractivity contribution in [2.45, 2.75) is 39.3 Å². The number of ether oxygens (including phenoxy) is 2. The van der Waals surface area contributed by atoms with Crippen LogP contribution in [0.5, 0.6) is 0 Å². The highest BCUT2D eigenvalue weighted by molar-refractivity contribution is 5.76. The smallest absolute Gasteiger partial charge is 0.323 e. The van der Waals surface area contributed by atoms with Crippen LogP contribution in [0, 0.1) is 5.92 Å². The van der Waals surface area contributed by atoms with Crippen LogP contribution in [-0.2, 0) is 14.3 Å². The third-order valence-corrected chi connectivity index (χ3v) is 3.67. The van der Waals surface area contributed by atoms with Gasteiger partial charge in [0.2, 0.25) is 0 Å². The lowest BCUT2D eigenvalue weighted by molar-refractivity contribution is -0.147. The number of methoxy groups -OCH3 is 1. The van der Waals surface area contributed by atoms with Gasteiger partial charge >= 0.3 is 5.97 Å². The zero-order valence-corrected chi connectivity index (χ0v) is 13.5. The lowest BCUT2D eigenvalue weighted by atomic mass is 9.97. The summed E-state index contributed by atoms with van der Waals surface area (Å²) in [6, 6.07) is 9.68. The number of nitrogens with one attached hydrogen (secondary N) is 1. The zero-order chi connectivity index (χ0) is 15.7. The van der Waals surface area contributed by atoms with Gasteiger partial charge in [-0.3, -0.25) is 10.1 Å². The summed E-state index contributed by atoms with van der Waals surface area (Å²) in [7, 11) is 1.67. The van der Waals surface area contributed by atoms with Gasteiger partial charge in [0.05, 0.1) is 19.3 Å². The van der Waals surface area contributed by atoms with E-state index in [-0.39, 0.29) is 24.0 Å². The van der Waals surface area contributed by atoms with Crippen molar-refractivity contribution in [2.24, 2.45) is 5.92 Å². The Balaban J connectivity index is 2.88. The summed E-state index contributed by atoms with van der Waals surface area (Å²) >= 11 is 0. The van der Waals surface area contributed by atoms with Crippen molar-refractivity contribution in [3.63, 3.8) is 0 Å². The molecule has 21 heavy (non-hydrogen) atoms. The molecule has 1 unspecified atom stereocenters. The lowest BCUT2D eigenvalue weighted by Gasteiger charge is -2.28. The molecular weight excluding hydrogens is 266 g/mol. The predicted molar refractivity (Wildman–Crippen MR) is 84.1 cm³/mol. The molecule has 0 radical (unpaired) electrons. The van der Waals surface area contributed by atoms with Crippen LogP contribution in [0.1, 0.15) is 38.8 Å². The molecule has 0 saturated carbocycles. The van der Waals surface area contributed by atoms with E-state index in [1.807, 2.05) is 37.3 Å². The minimum Gasteiger partial charge on any atom is -0.465 e. The number of esters is 1. The van der Waals surface area contributed by atoms with Crippen molar-refractivity contribution in [3.05, 3.63) is 35.9 Å². The van der Waals surface area contributed by atoms with Crippen LogP contribution < -0.4 is 5.32 Å². The third-order valence-electron chi connectivity index (χ3n) is 3.67. The van der Waals surface area contributed by atoms with Crippen molar-refractivity contribution in [3.8, 4) is 0 Å². The van der Waals surface area contributed by atoms with Crippen molar-refractivity contribution >= 4 is 5.97 Å². The van der Waals surface area contributed by atoms with Crippen molar-refractivity contribution < 1.29 is 14.3 Å². The highest BCUT2D eigenvalue weighted by atomic mass is 16.5. The molecule has 0 aliphatic heterocycles. The SMILES string of the molecule is CCOC(=O)[C@H](N[C@@H](COC)c1ccccc1)C(C)CC. The topological polar surface area (TPSA) is 47.6 Å². The summed E-state index contributed by atoms with van der Waals surface area (Å²) in [5.41, 5.74) is 1.11. The molecule has 0 bridgehead atoms. The Morgan fingerprint density at radius 2 is 1.90 bits per heavy atom. The molecule has 0 aromatic heterocycles. The summed E-state index contributed by atoms with van der Waals surface area (Å²) in [5, 5.41) is 3.41. The van der Waals surface area contributed by atoms with Gasteiger partial charge in [-0.2, -0.15) is 0 Å². The summed E-state index contributed by atoms with van der Waals surface area (Å²) in [5.74, 6) is 0.0102. The normalized spacial score (nSPS) is 15.2. The van der Waals surface area contributed by atoms with Crippen molar-refractivity contribution in [1.82, 2.24) is 5.32 Å². The Kier molecular flexibility index (Phi) is 8.01. The molecule has 0 amide bonds. The van der Waals surface area contributed by atoms with Crippen LogP contribution in [-0.4, -0.2) is 32.3 Å². The molecule has 1 N–H and O–H groups in total. The van der Waals surface area contributed by atoms with Crippen molar-refractivity contribution in [2.75, 3.05) is 20.3 Å². The van der Waals surface area contributed by atoms with E-state index < -0.39 is 0 Å². The van der Waals surface area contributed by atoms with Gasteiger partial charge in [0, 0.05) is 7.11 Å². The van der Waals surface area contributed by atoms with E-state index >= 15 is 0 Å². The average molecular weight is 293 g/mol. The monoisotopic (exact) mass is 293 g/mol. The van der Waals surface area contributed by atoms with Crippen LogP contribution in [0.15, 0.2) is 30.3 Å². The van der Waals surface area contributed by atoms with Crippen LogP contribution in [0.25, 0.3) is 0 Å². The highest BCUT2D eigenvalue weighted by Gasteiger charge is 2.28. The van der Waals surface area contributed by atoms with E-state index in [0.29, 0.717) is 13.2 Å². The molecule has 1 aromatic rings. The van der Waals surface area contributed by atoms with E-state index in [1.165, 1.54) is 0 Å². The van der Waals surface area contributed by atoms with Crippen LogP contribution in [0.3, 0.4) is 0 Å². The second-order valence-corrected chi connectivity index (χ2v) is 5.20.